The van der Waals surface area contributed by atoms with Crippen LogP contribution in [-0.2, 0) is 4.79 Å². The number of benzene rings is 3. The number of para-hydroxylation sites is 2. The Morgan fingerprint density at radius 1 is 0.758 bits per heavy atom. The van der Waals surface area contributed by atoms with Gasteiger partial charge in [0, 0.05) is 23.5 Å². The Bertz CT molecular complexity index is 1080. The summed E-state index contributed by atoms with van der Waals surface area (Å²) in [4.78, 5) is 24.9. The van der Waals surface area contributed by atoms with Crippen molar-refractivity contribution >= 4 is 51.9 Å². The molecule has 0 unspecified atom stereocenters. The topological polar surface area (TPSA) is 82.3 Å². The molecule has 0 aliphatic heterocycles. The molecule has 0 aromatic heterocycles. The van der Waals surface area contributed by atoms with Crippen molar-refractivity contribution in [2.45, 2.75) is 32.6 Å². The fraction of sp³-hybridized carbons (Fsp3) is 0.192. The number of amides is 2. The lowest BCUT2D eigenvalue weighted by Gasteiger charge is -2.14. The third-order valence-corrected chi connectivity index (χ3v) is 5.09. The second-order valence-electron chi connectivity index (χ2n) is 7.53. The smallest absolute Gasteiger partial charge is 0.257 e. The average molecular weight is 461 g/mol. The van der Waals surface area contributed by atoms with Gasteiger partial charge in [-0.1, -0.05) is 50.1 Å². The summed E-state index contributed by atoms with van der Waals surface area (Å²) in [5.41, 5.74) is 3.52. The number of carbonyl (C=O) groups is 2. The van der Waals surface area contributed by atoms with Crippen LogP contribution >= 0.6 is 12.2 Å². The molecule has 0 spiro atoms. The fourth-order valence-corrected chi connectivity index (χ4v) is 3.42. The van der Waals surface area contributed by atoms with E-state index in [-0.39, 0.29) is 16.9 Å². The van der Waals surface area contributed by atoms with E-state index in [1.807, 2.05) is 54.6 Å². The zero-order valence-electron chi connectivity index (χ0n) is 18.6. The molecule has 0 bridgehead atoms. The molecule has 0 radical (unpaired) electrons. The van der Waals surface area contributed by atoms with E-state index in [1.165, 1.54) is 0 Å². The summed E-state index contributed by atoms with van der Waals surface area (Å²) in [6.07, 6.45) is 3.29. The third kappa shape index (κ3) is 7.73. The van der Waals surface area contributed by atoms with Crippen LogP contribution < -0.4 is 21.3 Å². The molecule has 0 aliphatic carbocycles. The lowest BCUT2D eigenvalue weighted by atomic mass is 10.1. The maximum atomic E-state index is 12.9. The highest BCUT2D eigenvalue weighted by Crippen LogP contribution is 2.21. The highest BCUT2D eigenvalue weighted by molar-refractivity contribution is 7.80. The van der Waals surface area contributed by atoms with Crippen molar-refractivity contribution in [2.24, 2.45) is 0 Å². The number of hydrogen-bond acceptors (Lipinski definition) is 4. The van der Waals surface area contributed by atoms with Gasteiger partial charge in [-0.25, -0.2) is 0 Å². The van der Waals surface area contributed by atoms with Crippen LogP contribution in [0.15, 0.2) is 78.9 Å². The van der Waals surface area contributed by atoms with Gasteiger partial charge >= 0.3 is 0 Å². The minimum absolute atomic E-state index is 0.132. The summed E-state index contributed by atoms with van der Waals surface area (Å²) < 4.78 is 0. The molecule has 3 aromatic rings. The van der Waals surface area contributed by atoms with Gasteiger partial charge in [0.1, 0.15) is 0 Å². The molecule has 33 heavy (non-hydrogen) atoms. The van der Waals surface area contributed by atoms with Crippen molar-refractivity contribution in [2.75, 3.05) is 16.0 Å². The number of thiocarbonyl (C=S) groups is 1. The van der Waals surface area contributed by atoms with Crippen LogP contribution in [0.2, 0.25) is 0 Å². The molecule has 0 heterocycles. The van der Waals surface area contributed by atoms with Crippen molar-refractivity contribution in [3.63, 3.8) is 0 Å². The molecule has 0 fully saturated rings. The Morgan fingerprint density at radius 2 is 1.39 bits per heavy atom. The Hall–Kier alpha value is -3.71. The van der Waals surface area contributed by atoms with Crippen molar-refractivity contribution in [3.05, 3.63) is 84.4 Å². The van der Waals surface area contributed by atoms with Crippen molar-refractivity contribution in [1.82, 2.24) is 5.32 Å². The van der Waals surface area contributed by atoms with Crippen LogP contribution in [0, 0.1) is 0 Å². The first-order valence-corrected chi connectivity index (χ1v) is 11.4. The SMILES string of the molecule is CCCCCC(=O)NC(=S)Nc1ccccc1C(=O)Nc1ccc(Nc2ccccc2)cc1. The number of anilines is 4. The zero-order valence-corrected chi connectivity index (χ0v) is 19.4. The van der Waals surface area contributed by atoms with Crippen LogP contribution in [0.1, 0.15) is 43.0 Å². The van der Waals surface area contributed by atoms with Gasteiger partial charge in [0.15, 0.2) is 5.11 Å². The fourth-order valence-electron chi connectivity index (χ4n) is 3.19. The maximum Gasteiger partial charge on any atom is 0.257 e. The van der Waals surface area contributed by atoms with Gasteiger partial charge in [0.05, 0.1) is 11.3 Å². The first-order chi connectivity index (χ1) is 16.0. The summed E-state index contributed by atoms with van der Waals surface area (Å²) >= 11 is 5.25. The predicted molar refractivity (Wildman–Crippen MR) is 139 cm³/mol. The Labute approximate surface area is 199 Å². The first-order valence-electron chi connectivity index (χ1n) is 11.0. The molecule has 4 N–H and O–H groups in total. The number of rotatable bonds is 9. The number of carbonyl (C=O) groups excluding carboxylic acids is 2. The second-order valence-corrected chi connectivity index (χ2v) is 7.94. The van der Waals surface area contributed by atoms with Crippen molar-refractivity contribution < 1.29 is 9.59 Å². The van der Waals surface area contributed by atoms with Gasteiger partial charge in [-0.3, -0.25) is 9.59 Å². The molecule has 3 aromatic carbocycles. The molecule has 0 saturated carbocycles. The van der Waals surface area contributed by atoms with E-state index in [1.54, 1.807) is 24.3 Å². The number of nitrogens with one attached hydrogen (secondary N) is 4. The van der Waals surface area contributed by atoms with E-state index in [9.17, 15) is 9.59 Å². The summed E-state index contributed by atoms with van der Waals surface area (Å²) in [6, 6.07) is 24.4. The Balaban J connectivity index is 1.59. The summed E-state index contributed by atoms with van der Waals surface area (Å²) in [6.45, 7) is 2.09. The highest BCUT2D eigenvalue weighted by atomic mass is 32.1. The lowest BCUT2D eigenvalue weighted by molar-refractivity contribution is -0.119. The predicted octanol–water partition coefficient (Wildman–Crippen LogP) is 6.08. The summed E-state index contributed by atoms with van der Waals surface area (Å²) in [5.74, 6) is -0.411. The summed E-state index contributed by atoms with van der Waals surface area (Å²) in [5, 5.41) is 12.0. The molecule has 7 heteroatoms. The quantitative estimate of drug-likeness (QED) is 0.230. The van der Waals surface area contributed by atoms with E-state index in [2.05, 4.69) is 28.2 Å². The van der Waals surface area contributed by atoms with Crippen molar-refractivity contribution in [3.8, 4) is 0 Å². The molecule has 170 valence electrons. The minimum Gasteiger partial charge on any atom is -0.356 e. The average Bonchev–Trinajstić information content (AvgIpc) is 2.81. The monoisotopic (exact) mass is 460 g/mol. The van der Waals surface area contributed by atoms with Gasteiger partial charge in [-0.05, 0) is 67.2 Å². The molecule has 6 nitrogen and oxygen atoms in total. The molecule has 3 rings (SSSR count). The summed E-state index contributed by atoms with van der Waals surface area (Å²) in [7, 11) is 0. The van der Waals surface area contributed by atoms with E-state index < -0.39 is 0 Å². The van der Waals surface area contributed by atoms with Crippen LogP contribution in [0.5, 0.6) is 0 Å². The Kier molecular flexibility index (Phi) is 8.97. The maximum absolute atomic E-state index is 12.9. The largest absolute Gasteiger partial charge is 0.356 e. The van der Waals surface area contributed by atoms with Crippen LogP contribution in [0.4, 0.5) is 22.7 Å². The van der Waals surface area contributed by atoms with Gasteiger partial charge in [-0.2, -0.15) is 0 Å². The second kappa shape index (κ2) is 12.4. The van der Waals surface area contributed by atoms with Crippen molar-refractivity contribution in [1.29, 1.82) is 0 Å². The minimum atomic E-state index is -0.279. The third-order valence-electron chi connectivity index (χ3n) is 4.89. The van der Waals surface area contributed by atoms with E-state index in [0.29, 0.717) is 23.4 Å². The highest BCUT2D eigenvalue weighted by Gasteiger charge is 2.13. The number of unbranched alkanes of at least 4 members (excludes halogenated alkanes) is 2. The zero-order chi connectivity index (χ0) is 23.5. The van der Waals surface area contributed by atoms with Gasteiger partial charge in [0.25, 0.3) is 5.91 Å². The molecular weight excluding hydrogens is 432 g/mol. The van der Waals surface area contributed by atoms with Gasteiger partial charge < -0.3 is 21.3 Å². The molecule has 0 atom stereocenters. The standard InChI is InChI=1S/C26H28N4O2S/c1-2-3-5-14-24(31)30-26(33)29-23-13-9-8-12-22(23)25(32)28-21-17-15-20(16-18-21)27-19-10-6-4-7-11-19/h4,6-13,15-18,27H,2-3,5,14H2,1H3,(H,28,32)(H2,29,30,31,33). The number of hydrogen-bond donors (Lipinski definition) is 4. The van der Waals surface area contributed by atoms with Gasteiger partial charge in [-0.15, -0.1) is 0 Å². The first kappa shape index (κ1) is 23.9. The van der Waals surface area contributed by atoms with E-state index in [0.717, 1.165) is 30.6 Å². The Morgan fingerprint density at radius 3 is 2.12 bits per heavy atom. The van der Waals surface area contributed by atoms with Gasteiger partial charge in [0.2, 0.25) is 5.91 Å². The molecular formula is C26H28N4O2S. The van der Waals surface area contributed by atoms with E-state index in [4.69, 9.17) is 12.2 Å². The van der Waals surface area contributed by atoms with Crippen LogP contribution in [0.3, 0.4) is 0 Å². The normalized spacial score (nSPS) is 10.2. The van der Waals surface area contributed by atoms with Crippen LogP contribution in [-0.4, -0.2) is 16.9 Å². The van der Waals surface area contributed by atoms with E-state index >= 15 is 0 Å². The molecule has 2 amide bonds. The van der Waals surface area contributed by atoms with Crippen LogP contribution in [0.25, 0.3) is 0 Å². The molecule has 0 aliphatic rings. The molecule has 0 saturated heterocycles. The lowest BCUT2D eigenvalue weighted by Crippen LogP contribution is -2.34.